The first kappa shape index (κ1) is 14.6. The number of H-pyrrole nitrogens is 1. The largest absolute Gasteiger partial charge is 0.390 e. The van der Waals surface area contributed by atoms with E-state index in [4.69, 9.17) is 5.11 Å². The fourth-order valence-corrected chi connectivity index (χ4v) is 3.55. The van der Waals surface area contributed by atoms with Gasteiger partial charge in [-0.05, 0) is 37.6 Å². The van der Waals surface area contributed by atoms with Crippen LogP contribution in [0.5, 0.6) is 0 Å². The first-order valence-electron chi connectivity index (χ1n) is 6.36. The topological polar surface area (TPSA) is 73.4 Å². The molecule has 1 aromatic carbocycles. The predicted molar refractivity (Wildman–Crippen MR) is 78.1 cm³/mol. The van der Waals surface area contributed by atoms with Gasteiger partial charge < -0.3 is 10.1 Å². The van der Waals surface area contributed by atoms with E-state index in [1.165, 1.54) is 16.6 Å². The summed E-state index contributed by atoms with van der Waals surface area (Å²) in [5, 5.41) is 9.03. The van der Waals surface area contributed by atoms with Gasteiger partial charge in [-0.15, -0.1) is 0 Å². The van der Waals surface area contributed by atoms with Crippen molar-refractivity contribution < 1.29 is 13.5 Å². The van der Waals surface area contributed by atoms with E-state index in [1.54, 1.807) is 13.0 Å². The van der Waals surface area contributed by atoms with Crippen molar-refractivity contribution in [2.75, 3.05) is 10.8 Å². The summed E-state index contributed by atoms with van der Waals surface area (Å²) < 4.78 is 26.6. The fraction of sp³-hybridized carbons (Fsp3) is 0.286. The molecule has 0 radical (unpaired) electrons. The molecule has 0 aliphatic carbocycles. The van der Waals surface area contributed by atoms with E-state index >= 15 is 0 Å². The van der Waals surface area contributed by atoms with Gasteiger partial charge in [0.2, 0.25) is 0 Å². The van der Waals surface area contributed by atoms with Crippen molar-refractivity contribution in [1.29, 1.82) is 0 Å². The Morgan fingerprint density at radius 2 is 2.05 bits per heavy atom. The van der Waals surface area contributed by atoms with Gasteiger partial charge in [0, 0.05) is 18.4 Å². The number of aliphatic hydroxyl groups excluding tert-OH is 1. The summed E-state index contributed by atoms with van der Waals surface area (Å²) in [5.74, 6) is 0. The summed E-state index contributed by atoms with van der Waals surface area (Å²) in [6, 6.07) is 8.81. The van der Waals surface area contributed by atoms with Gasteiger partial charge in [-0.25, -0.2) is 8.42 Å². The second-order valence-corrected chi connectivity index (χ2v) is 6.39. The maximum atomic E-state index is 12.6. The highest BCUT2D eigenvalue weighted by molar-refractivity contribution is 7.92. The minimum Gasteiger partial charge on any atom is -0.390 e. The van der Waals surface area contributed by atoms with Crippen LogP contribution in [0.4, 0.5) is 5.69 Å². The second kappa shape index (κ2) is 5.68. The van der Waals surface area contributed by atoms with Gasteiger partial charge in [0.25, 0.3) is 10.0 Å². The van der Waals surface area contributed by atoms with Crippen molar-refractivity contribution in [3.8, 4) is 0 Å². The van der Waals surface area contributed by atoms with Crippen molar-refractivity contribution in [3.63, 3.8) is 0 Å². The number of aromatic nitrogens is 1. The molecule has 0 aliphatic rings. The number of anilines is 1. The van der Waals surface area contributed by atoms with Crippen LogP contribution in [-0.2, 0) is 16.6 Å². The minimum absolute atomic E-state index is 0.157. The molecule has 0 spiro atoms. The standard InChI is InChI=1S/C14H18N2O3S/c1-3-16(13-6-4-5-11(2)7-13)20(18,19)14-8-12(10-17)15-9-14/h4-9,15,17H,3,10H2,1-2H3. The number of aromatic amines is 1. The van der Waals surface area contributed by atoms with Crippen LogP contribution in [0.15, 0.2) is 41.4 Å². The lowest BCUT2D eigenvalue weighted by molar-refractivity contribution is 0.277. The Bertz CT molecular complexity index is 692. The average molecular weight is 294 g/mol. The summed E-state index contributed by atoms with van der Waals surface area (Å²) in [5.41, 5.74) is 2.12. The monoisotopic (exact) mass is 294 g/mol. The Morgan fingerprint density at radius 3 is 2.60 bits per heavy atom. The smallest absolute Gasteiger partial charge is 0.265 e. The number of nitrogens with one attached hydrogen (secondary N) is 1. The van der Waals surface area contributed by atoms with Crippen molar-refractivity contribution in [1.82, 2.24) is 4.98 Å². The van der Waals surface area contributed by atoms with E-state index in [-0.39, 0.29) is 11.5 Å². The normalized spacial score (nSPS) is 11.6. The molecule has 2 N–H and O–H groups in total. The summed E-state index contributed by atoms with van der Waals surface area (Å²) in [6.07, 6.45) is 1.40. The Balaban J connectivity index is 2.44. The number of rotatable bonds is 5. The van der Waals surface area contributed by atoms with Gasteiger partial charge in [-0.1, -0.05) is 12.1 Å². The zero-order chi connectivity index (χ0) is 14.8. The van der Waals surface area contributed by atoms with Crippen molar-refractivity contribution in [2.45, 2.75) is 25.3 Å². The Hall–Kier alpha value is -1.79. The van der Waals surface area contributed by atoms with Gasteiger partial charge in [0.15, 0.2) is 0 Å². The van der Waals surface area contributed by atoms with E-state index in [2.05, 4.69) is 4.98 Å². The molecular weight excluding hydrogens is 276 g/mol. The minimum atomic E-state index is -3.62. The molecule has 5 nitrogen and oxygen atoms in total. The van der Waals surface area contributed by atoms with Crippen molar-refractivity contribution >= 4 is 15.7 Å². The highest BCUT2D eigenvalue weighted by Crippen LogP contribution is 2.24. The zero-order valence-corrected chi connectivity index (χ0v) is 12.3. The molecule has 0 atom stereocenters. The molecule has 0 amide bonds. The SMILES string of the molecule is CCN(c1cccc(C)c1)S(=O)(=O)c1c[nH]c(CO)c1. The Kier molecular flexibility index (Phi) is 4.15. The Morgan fingerprint density at radius 1 is 1.30 bits per heavy atom. The molecular formula is C14H18N2O3S. The molecule has 2 aromatic rings. The molecule has 1 aromatic heterocycles. The van der Waals surface area contributed by atoms with E-state index < -0.39 is 10.0 Å². The van der Waals surface area contributed by atoms with Crippen LogP contribution in [0.3, 0.4) is 0 Å². The van der Waals surface area contributed by atoms with Gasteiger partial charge in [0.1, 0.15) is 4.90 Å². The van der Waals surface area contributed by atoms with Gasteiger partial charge in [-0.3, -0.25) is 4.31 Å². The zero-order valence-electron chi connectivity index (χ0n) is 11.5. The average Bonchev–Trinajstić information content (AvgIpc) is 2.89. The molecule has 0 fully saturated rings. The van der Waals surface area contributed by atoms with Crippen molar-refractivity contribution in [2.24, 2.45) is 0 Å². The van der Waals surface area contributed by atoms with Crippen LogP contribution in [-0.4, -0.2) is 25.1 Å². The fourth-order valence-electron chi connectivity index (χ4n) is 2.06. The number of aliphatic hydroxyl groups is 1. The van der Waals surface area contributed by atoms with E-state index in [9.17, 15) is 8.42 Å². The lowest BCUT2D eigenvalue weighted by atomic mass is 10.2. The molecule has 0 aliphatic heterocycles. The van der Waals surface area contributed by atoms with Crippen LogP contribution in [0.25, 0.3) is 0 Å². The number of hydrogen-bond donors (Lipinski definition) is 2. The summed E-state index contributed by atoms with van der Waals surface area (Å²) in [7, 11) is -3.62. The van der Waals surface area contributed by atoms with Crippen LogP contribution >= 0.6 is 0 Å². The third-order valence-electron chi connectivity index (χ3n) is 3.05. The van der Waals surface area contributed by atoms with Gasteiger partial charge >= 0.3 is 0 Å². The molecule has 0 saturated heterocycles. The molecule has 0 unspecified atom stereocenters. The third-order valence-corrected chi connectivity index (χ3v) is 4.93. The van der Waals surface area contributed by atoms with Crippen LogP contribution in [0.1, 0.15) is 18.2 Å². The molecule has 20 heavy (non-hydrogen) atoms. The first-order chi connectivity index (χ1) is 9.48. The van der Waals surface area contributed by atoms with Crippen LogP contribution in [0.2, 0.25) is 0 Å². The predicted octanol–water partition coefficient (Wildman–Crippen LogP) is 2.03. The lowest BCUT2D eigenvalue weighted by Crippen LogP contribution is -2.30. The van der Waals surface area contributed by atoms with Crippen molar-refractivity contribution in [3.05, 3.63) is 47.8 Å². The number of benzene rings is 1. The lowest BCUT2D eigenvalue weighted by Gasteiger charge is -2.22. The van der Waals surface area contributed by atoms with E-state index in [0.29, 0.717) is 17.9 Å². The van der Waals surface area contributed by atoms with E-state index in [0.717, 1.165) is 5.56 Å². The number of aryl methyl sites for hydroxylation is 1. The number of sulfonamides is 1. The highest BCUT2D eigenvalue weighted by Gasteiger charge is 2.24. The van der Waals surface area contributed by atoms with Gasteiger partial charge in [0.05, 0.1) is 12.3 Å². The summed E-state index contributed by atoms with van der Waals surface area (Å²) >= 11 is 0. The number of nitrogens with zero attached hydrogens (tertiary/aromatic N) is 1. The summed E-state index contributed by atoms with van der Waals surface area (Å²) in [4.78, 5) is 2.90. The maximum absolute atomic E-state index is 12.6. The molecule has 2 rings (SSSR count). The first-order valence-corrected chi connectivity index (χ1v) is 7.80. The van der Waals surface area contributed by atoms with Gasteiger partial charge in [-0.2, -0.15) is 0 Å². The number of hydrogen-bond acceptors (Lipinski definition) is 3. The second-order valence-electron chi connectivity index (χ2n) is 4.53. The summed E-state index contributed by atoms with van der Waals surface area (Å²) in [6.45, 7) is 3.83. The molecule has 6 heteroatoms. The Labute approximate surface area is 118 Å². The molecule has 108 valence electrons. The van der Waals surface area contributed by atoms with E-state index in [1.807, 2.05) is 25.1 Å². The quantitative estimate of drug-likeness (QED) is 0.886. The highest BCUT2D eigenvalue weighted by atomic mass is 32.2. The molecule has 1 heterocycles. The third kappa shape index (κ3) is 2.71. The van der Waals surface area contributed by atoms with Crippen LogP contribution in [0, 0.1) is 6.92 Å². The van der Waals surface area contributed by atoms with Crippen LogP contribution < -0.4 is 4.31 Å². The molecule has 0 bridgehead atoms. The molecule has 0 saturated carbocycles. The maximum Gasteiger partial charge on any atom is 0.265 e.